The Labute approximate surface area is 237 Å². The first-order valence-electron chi connectivity index (χ1n) is 12.7. The Morgan fingerprint density at radius 2 is 1.70 bits per heavy atom. The standard InChI is InChI=1S/C29H31ClO9S/c1-2-38-22-8-3-18(4-9-22)13-20-15-21(7-12-24(20)30)29(35)16-25(31)28(34)26(39-29)17-40(36,37)23-10-5-19(6-11-23)14-27(32)33/h3-12,15,25-26,28,31,34-35H,2,13-14,16-17H2,1H3,(H,32,33)/t25-,26-,28+,29+/m1/s1. The summed E-state index contributed by atoms with van der Waals surface area (Å²) in [4.78, 5) is 10.8. The Bertz CT molecular complexity index is 1440. The average molecular weight is 591 g/mol. The van der Waals surface area contributed by atoms with Crippen LogP contribution in [0.15, 0.2) is 71.6 Å². The highest BCUT2D eigenvalue weighted by Gasteiger charge is 2.47. The summed E-state index contributed by atoms with van der Waals surface area (Å²) < 4.78 is 37.5. The summed E-state index contributed by atoms with van der Waals surface area (Å²) in [5, 5.41) is 42.0. The van der Waals surface area contributed by atoms with Gasteiger partial charge >= 0.3 is 5.97 Å². The first-order valence-corrected chi connectivity index (χ1v) is 14.7. The van der Waals surface area contributed by atoms with E-state index in [1.54, 1.807) is 12.1 Å². The Balaban J connectivity index is 1.55. The average Bonchev–Trinajstić information content (AvgIpc) is 2.89. The third-order valence-corrected chi connectivity index (χ3v) is 8.88. The first-order chi connectivity index (χ1) is 18.9. The first kappa shape index (κ1) is 30.0. The summed E-state index contributed by atoms with van der Waals surface area (Å²) in [7, 11) is -4.04. The van der Waals surface area contributed by atoms with Crippen molar-refractivity contribution in [2.24, 2.45) is 0 Å². The number of rotatable bonds is 10. The van der Waals surface area contributed by atoms with E-state index in [9.17, 15) is 28.5 Å². The fourth-order valence-electron chi connectivity index (χ4n) is 4.68. The number of hydrogen-bond acceptors (Lipinski definition) is 8. The van der Waals surface area contributed by atoms with Crippen LogP contribution in [0.25, 0.3) is 0 Å². The molecule has 1 aliphatic heterocycles. The molecule has 0 saturated carbocycles. The Morgan fingerprint density at radius 3 is 2.33 bits per heavy atom. The molecule has 1 saturated heterocycles. The van der Waals surface area contributed by atoms with E-state index in [1.165, 1.54) is 30.3 Å². The number of carbonyl (C=O) groups is 1. The van der Waals surface area contributed by atoms with Gasteiger partial charge < -0.3 is 29.9 Å². The van der Waals surface area contributed by atoms with Crippen LogP contribution in [0.1, 0.15) is 35.6 Å². The summed E-state index contributed by atoms with van der Waals surface area (Å²) in [6.45, 7) is 2.45. The highest BCUT2D eigenvalue weighted by molar-refractivity contribution is 7.91. The lowest BCUT2D eigenvalue weighted by Crippen LogP contribution is -2.55. The molecule has 4 rings (SSSR count). The number of ether oxygens (including phenoxy) is 2. The minimum Gasteiger partial charge on any atom is -0.494 e. The molecule has 0 aliphatic carbocycles. The SMILES string of the molecule is CCOc1ccc(Cc2cc([C@]3(O)C[C@@H](O)[C@H](O)[C@@H](CS(=O)(=O)c4ccc(CC(=O)O)cc4)O3)ccc2Cl)cc1. The van der Waals surface area contributed by atoms with Gasteiger partial charge in [-0.15, -0.1) is 0 Å². The van der Waals surface area contributed by atoms with Gasteiger partial charge in [-0.05, 0) is 66.4 Å². The van der Waals surface area contributed by atoms with E-state index >= 15 is 0 Å². The third-order valence-electron chi connectivity index (χ3n) is 6.75. The number of halogens is 1. The molecule has 1 heterocycles. The zero-order valence-electron chi connectivity index (χ0n) is 21.7. The minimum absolute atomic E-state index is 0.106. The van der Waals surface area contributed by atoms with Crippen molar-refractivity contribution < 1.29 is 43.1 Å². The summed E-state index contributed by atoms with van der Waals surface area (Å²) in [6, 6.07) is 17.6. The van der Waals surface area contributed by atoms with Crippen LogP contribution in [0.2, 0.25) is 5.02 Å². The molecule has 0 aromatic heterocycles. The smallest absolute Gasteiger partial charge is 0.307 e. The van der Waals surface area contributed by atoms with Crippen molar-refractivity contribution >= 4 is 27.4 Å². The second-order valence-electron chi connectivity index (χ2n) is 9.76. The maximum Gasteiger partial charge on any atom is 0.307 e. The van der Waals surface area contributed by atoms with Crippen molar-refractivity contribution in [1.29, 1.82) is 0 Å². The monoisotopic (exact) mass is 590 g/mol. The van der Waals surface area contributed by atoms with Gasteiger partial charge in [-0.3, -0.25) is 4.79 Å². The van der Waals surface area contributed by atoms with E-state index in [0.717, 1.165) is 11.3 Å². The lowest BCUT2D eigenvalue weighted by atomic mass is 9.90. The van der Waals surface area contributed by atoms with E-state index < -0.39 is 52.1 Å². The molecule has 4 N–H and O–H groups in total. The van der Waals surface area contributed by atoms with Crippen molar-refractivity contribution in [3.8, 4) is 5.75 Å². The van der Waals surface area contributed by atoms with Gasteiger partial charge in [0.2, 0.25) is 0 Å². The third kappa shape index (κ3) is 7.01. The molecule has 1 fully saturated rings. The van der Waals surface area contributed by atoms with Gasteiger partial charge in [-0.1, -0.05) is 41.9 Å². The number of sulfone groups is 1. The fourth-order valence-corrected chi connectivity index (χ4v) is 6.31. The van der Waals surface area contributed by atoms with Gasteiger partial charge in [0.05, 0.1) is 29.8 Å². The minimum atomic E-state index is -4.04. The number of aliphatic carboxylic acids is 1. The Morgan fingerprint density at radius 1 is 1.05 bits per heavy atom. The van der Waals surface area contributed by atoms with Crippen LogP contribution >= 0.6 is 11.6 Å². The number of hydrogen-bond donors (Lipinski definition) is 4. The summed E-state index contributed by atoms with van der Waals surface area (Å²) in [5.41, 5.74) is 2.29. The second-order valence-corrected chi connectivity index (χ2v) is 12.2. The predicted molar refractivity (Wildman–Crippen MR) is 147 cm³/mol. The molecule has 0 spiro atoms. The van der Waals surface area contributed by atoms with Crippen LogP contribution < -0.4 is 4.74 Å². The Kier molecular flexibility index (Phi) is 9.19. The van der Waals surface area contributed by atoms with E-state index in [4.69, 9.17) is 26.2 Å². The van der Waals surface area contributed by atoms with Crippen LogP contribution in [0.4, 0.5) is 0 Å². The van der Waals surface area contributed by atoms with Gasteiger partial charge in [-0.25, -0.2) is 8.42 Å². The number of aliphatic hydroxyl groups excluding tert-OH is 2. The number of carboxylic acid groups (broad SMARTS) is 1. The number of carboxylic acids is 1. The zero-order chi connectivity index (χ0) is 29.1. The van der Waals surface area contributed by atoms with Crippen LogP contribution in [0.5, 0.6) is 5.75 Å². The molecule has 9 nitrogen and oxygen atoms in total. The molecule has 4 atom stereocenters. The molecule has 214 valence electrons. The van der Waals surface area contributed by atoms with Gasteiger partial charge in [0.1, 0.15) is 18.0 Å². The quantitative estimate of drug-likeness (QED) is 0.279. The zero-order valence-corrected chi connectivity index (χ0v) is 23.3. The van der Waals surface area contributed by atoms with Gasteiger partial charge in [0.15, 0.2) is 15.6 Å². The van der Waals surface area contributed by atoms with Gasteiger partial charge in [0, 0.05) is 17.0 Å². The molecule has 0 unspecified atom stereocenters. The maximum atomic E-state index is 13.1. The molecule has 3 aromatic rings. The maximum absolute atomic E-state index is 13.1. The van der Waals surface area contributed by atoms with Crippen molar-refractivity contribution in [2.75, 3.05) is 12.4 Å². The number of aliphatic hydroxyl groups is 3. The van der Waals surface area contributed by atoms with Gasteiger partial charge in [-0.2, -0.15) is 0 Å². The van der Waals surface area contributed by atoms with Crippen molar-refractivity contribution in [3.63, 3.8) is 0 Å². The molecular weight excluding hydrogens is 560 g/mol. The van der Waals surface area contributed by atoms with Crippen LogP contribution in [-0.4, -0.2) is 65.5 Å². The lowest BCUT2D eigenvalue weighted by Gasteiger charge is -2.42. The summed E-state index contributed by atoms with van der Waals surface area (Å²) in [5.74, 6) is -3.13. The summed E-state index contributed by atoms with van der Waals surface area (Å²) >= 11 is 6.44. The largest absolute Gasteiger partial charge is 0.494 e. The van der Waals surface area contributed by atoms with E-state index in [2.05, 4.69) is 0 Å². The number of benzene rings is 3. The second kappa shape index (κ2) is 12.3. The predicted octanol–water partition coefficient (Wildman–Crippen LogP) is 3.09. The van der Waals surface area contributed by atoms with Crippen molar-refractivity contribution in [2.45, 2.75) is 55.2 Å². The topological polar surface area (TPSA) is 151 Å². The lowest BCUT2D eigenvalue weighted by molar-refractivity contribution is -0.303. The van der Waals surface area contributed by atoms with Crippen molar-refractivity contribution in [3.05, 3.63) is 94.0 Å². The molecule has 3 aromatic carbocycles. The normalized spacial score (nSPS) is 23.1. The van der Waals surface area contributed by atoms with E-state index in [-0.39, 0.29) is 16.9 Å². The molecule has 11 heteroatoms. The van der Waals surface area contributed by atoms with Crippen molar-refractivity contribution in [1.82, 2.24) is 0 Å². The molecule has 0 radical (unpaired) electrons. The van der Waals surface area contributed by atoms with Crippen LogP contribution in [0, 0.1) is 0 Å². The molecule has 40 heavy (non-hydrogen) atoms. The highest BCUT2D eigenvalue weighted by Crippen LogP contribution is 2.38. The van der Waals surface area contributed by atoms with E-state index in [1.807, 2.05) is 31.2 Å². The van der Waals surface area contributed by atoms with Gasteiger partial charge in [0.25, 0.3) is 0 Å². The molecular formula is C29H31ClO9S. The van der Waals surface area contributed by atoms with E-state index in [0.29, 0.717) is 29.2 Å². The molecule has 0 bridgehead atoms. The highest BCUT2D eigenvalue weighted by atomic mass is 35.5. The van der Waals surface area contributed by atoms with Crippen LogP contribution in [-0.2, 0) is 38.0 Å². The Hall–Kier alpha value is -2.99. The molecule has 1 aliphatic rings. The molecule has 0 amide bonds. The van der Waals surface area contributed by atoms with Crippen LogP contribution in [0.3, 0.4) is 0 Å². The summed E-state index contributed by atoms with van der Waals surface area (Å²) in [6.07, 6.45) is -4.72. The fraction of sp³-hybridized carbons (Fsp3) is 0.345.